The largest absolute Gasteiger partial charge is 0.481 e. The van der Waals surface area contributed by atoms with Crippen molar-refractivity contribution in [2.24, 2.45) is 11.8 Å². The smallest absolute Gasteiger partial charge is 0.394 e. The van der Waals surface area contributed by atoms with Crippen LogP contribution in [0.4, 0.5) is 18.0 Å². The fraction of sp³-hybridized carbons (Fsp3) is 0.353. The maximum Gasteiger partial charge on any atom is 0.394 e. The van der Waals surface area contributed by atoms with Crippen LogP contribution in [0.25, 0.3) is 10.9 Å². The highest BCUT2D eigenvalue weighted by Crippen LogP contribution is 2.37. The fourth-order valence-electron chi connectivity index (χ4n) is 3.14. The molecule has 0 bridgehead atoms. The third-order valence-electron chi connectivity index (χ3n) is 4.49. The minimum absolute atomic E-state index is 0.0815. The van der Waals surface area contributed by atoms with Crippen LogP contribution in [-0.2, 0) is 11.3 Å². The molecular weight excluding hydrogens is 351 g/mol. The van der Waals surface area contributed by atoms with Crippen LogP contribution in [-0.4, -0.2) is 46.3 Å². The number of hydrogen-bond acceptors (Lipinski definition) is 3. The third-order valence-corrected chi connectivity index (χ3v) is 4.49. The number of alkyl halides is 3. The van der Waals surface area contributed by atoms with Crippen LogP contribution in [0.3, 0.4) is 0 Å². The van der Waals surface area contributed by atoms with Gasteiger partial charge in [-0.1, -0.05) is 24.3 Å². The zero-order valence-electron chi connectivity index (χ0n) is 13.5. The molecule has 0 saturated carbocycles. The number of para-hydroxylation sites is 1. The average molecular weight is 367 g/mol. The minimum atomic E-state index is -4.67. The molecule has 138 valence electrons. The third kappa shape index (κ3) is 3.56. The number of carbonyl (C=O) groups excluding carboxylic acids is 1. The number of carboxylic acids is 1. The van der Waals surface area contributed by atoms with Gasteiger partial charge in [-0.3, -0.25) is 9.78 Å². The van der Waals surface area contributed by atoms with Crippen molar-refractivity contribution in [3.05, 3.63) is 42.1 Å². The molecule has 6 nitrogen and oxygen atoms in total. The molecule has 9 heteroatoms. The van der Waals surface area contributed by atoms with E-state index in [-0.39, 0.29) is 6.54 Å². The molecule has 1 aliphatic rings. The summed E-state index contributed by atoms with van der Waals surface area (Å²) in [5.41, 5.74) is 1.41. The summed E-state index contributed by atoms with van der Waals surface area (Å²) in [7, 11) is 0. The van der Waals surface area contributed by atoms with Gasteiger partial charge < -0.3 is 15.3 Å². The van der Waals surface area contributed by atoms with Crippen molar-refractivity contribution in [3.63, 3.8) is 0 Å². The zero-order chi connectivity index (χ0) is 18.9. The van der Waals surface area contributed by atoms with E-state index in [1.54, 1.807) is 24.4 Å². The summed E-state index contributed by atoms with van der Waals surface area (Å²) in [5.74, 6) is -5.27. The molecule has 0 radical (unpaired) electrons. The van der Waals surface area contributed by atoms with Crippen LogP contribution in [0, 0.1) is 11.8 Å². The normalized spacial score (nSPS) is 20.3. The second kappa shape index (κ2) is 6.81. The standard InChI is InChI=1S/C17H16F3N3O3/c18-17(19,20)13-9-23(8-12(13)15(24)25)16(26)22-7-11-4-1-3-10-5-2-6-21-14(10)11/h1-6,12-13H,7-9H2,(H,22,26)(H,24,25)/t12-,13-/m1/s1. The summed E-state index contributed by atoms with van der Waals surface area (Å²) in [6.45, 7) is -1.06. The van der Waals surface area contributed by atoms with E-state index in [4.69, 9.17) is 5.11 Å². The molecule has 1 aromatic carbocycles. The molecule has 2 amide bonds. The lowest BCUT2D eigenvalue weighted by atomic mass is 9.96. The Morgan fingerprint density at radius 3 is 2.62 bits per heavy atom. The number of benzene rings is 1. The van der Waals surface area contributed by atoms with Gasteiger partial charge in [0.25, 0.3) is 0 Å². The number of rotatable bonds is 3. The Hall–Kier alpha value is -2.84. The van der Waals surface area contributed by atoms with Gasteiger partial charge in [-0.05, 0) is 11.6 Å². The molecule has 0 aliphatic carbocycles. The van der Waals surface area contributed by atoms with Gasteiger partial charge in [-0.2, -0.15) is 13.2 Å². The van der Waals surface area contributed by atoms with E-state index < -0.39 is 43.1 Å². The number of amides is 2. The van der Waals surface area contributed by atoms with E-state index in [0.717, 1.165) is 15.8 Å². The first-order valence-electron chi connectivity index (χ1n) is 7.92. The van der Waals surface area contributed by atoms with Crippen molar-refractivity contribution in [2.45, 2.75) is 12.7 Å². The number of nitrogens with one attached hydrogen (secondary N) is 1. The molecule has 2 heterocycles. The van der Waals surface area contributed by atoms with Gasteiger partial charge in [0.2, 0.25) is 0 Å². The molecule has 0 unspecified atom stereocenters. The molecule has 2 atom stereocenters. The van der Waals surface area contributed by atoms with E-state index in [1.807, 2.05) is 12.1 Å². The number of pyridine rings is 1. The Bertz CT molecular complexity index is 835. The molecule has 1 fully saturated rings. The second-order valence-electron chi connectivity index (χ2n) is 6.15. The number of nitrogens with zero attached hydrogens (tertiary/aromatic N) is 2. The number of aromatic nitrogens is 1. The lowest BCUT2D eigenvalue weighted by Crippen LogP contribution is -2.39. The first-order chi connectivity index (χ1) is 12.3. The Morgan fingerprint density at radius 1 is 1.23 bits per heavy atom. The maximum atomic E-state index is 13.0. The predicted octanol–water partition coefficient (Wildman–Crippen LogP) is 2.64. The van der Waals surface area contributed by atoms with Crippen molar-refractivity contribution < 1.29 is 27.9 Å². The van der Waals surface area contributed by atoms with Crippen molar-refractivity contribution in [1.29, 1.82) is 0 Å². The topological polar surface area (TPSA) is 82.5 Å². The molecular formula is C17H16F3N3O3. The Kier molecular flexibility index (Phi) is 4.71. The quantitative estimate of drug-likeness (QED) is 0.874. The summed E-state index contributed by atoms with van der Waals surface area (Å²) < 4.78 is 39.0. The minimum Gasteiger partial charge on any atom is -0.481 e. The Labute approximate surface area is 146 Å². The number of fused-ring (bicyclic) bond motifs is 1. The molecule has 2 aromatic rings. The average Bonchev–Trinajstić information content (AvgIpc) is 3.06. The number of likely N-dealkylation sites (tertiary alicyclic amines) is 1. The molecule has 3 rings (SSSR count). The Morgan fingerprint density at radius 2 is 1.96 bits per heavy atom. The number of halogens is 3. The van der Waals surface area contributed by atoms with Gasteiger partial charge >= 0.3 is 18.2 Å². The first kappa shape index (κ1) is 18.0. The summed E-state index contributed by atoms with van der Waals surface area (Å²) >= 11 is 0. The lowest BCUT2D eigenvalue weighted by Gasteiger charge is -2.19. The molecule has 26 heavy (non-hydrogen) atoms. The van der Waals surface area contributed by atoms with Gasteiger partial charge in [-0.15, -0.1) is 0 Å². The fourth-order valence-corrected chi connectivity index (χ4v) is 3.14. The monoisotopic (exact) mass is 367 g/mol. The van der Waals surface area contributed by atoms with Gasteiger partial charge in [-0.25, -0.2) is 4.79 Å². The van der Waals surface area contributed by atoms with Crippen LogP contribution in [0.2, 0.25) is 0 Å². The highest BCUT2D eigenvalue weighted by atomic mass is 19.4. The van der Waals surface area contributed by atoms with Crippen molar-refractivity contribution >= 4 is 22.9 Å². The van der Waals surface area contributed by atoms with Crippen LogP contribution in [0.15, 0.2) is 36.5 Å². The highest BCUT2D eigenvalue weighted by molar-refractivity contribution is 5.82. The lowest BCUT2D eigenvalue weighted by molar-refractivity contribution is -0.187. The van der Waals surface area contributed by atoms with Crippen LogP contribution in [0.5, 0.6) is 0 Å². The van der Waals surface area contributed by atoms with Gasteiger partial charge in [0.05, 0.1) is 17.4 Å². The Balaban J connectivity index is 1.69. The number of urea groups is 1. The van der Waals surface area contributed by atoms with Crippen LogP contribution < -0.4 is 5.32 Å². The highest BCUT2D eigenvalue weighted by Gasteiger charge is 2.53. The maximum absolute atomic E-state index is 13.0. The van der Waals surface area contributed by atoms with Gasteiger partial charge in [0.15, 0.2) is 0 Å². The summed E-state index contributed by atoms with van der Waals surface area (Å²) in [6.07, 6.45) is -3.06. The van der Waals surface area contributed by atoms with E-state index in [2.05, 4.69) is 10.3 Å². The van der Waals surface area contributed by atoms with Crippen molar-refractivity contribution in [3.8, 4) is 0 Å². The van der Waals surface area contributed by atoms with Gasteiger partial charge in [0.1, 0.15) is 0 Å². The number of carbonyl (C=O) groups is 2. The van der Waals surface area contributed by atoms with E-state index in [9.17, 15) is 22.8 Å². The second-order valence-corrected chi connectivity index (χ2v) is 6.15. The van der Waals surface area contributed by atoms with Gasteiger partial charge in [0, 0.05) is 31.2 Å². The summed E-state index contributed by atoms with van der Waals surface area (Å²) in [5, 5.41) is 12.4. The number of hydrogen-bond donors (Lipinski definition) is 2. The number of carboxylic acid groups (broad SMARTS) is 1. The predicted molar refractivity (Wildman–Crippen MR) is 86.2 cm³/mol. The van der Waals surface area contributed by atoms with Crippen molar-refractivity contribution in [1.82, 2.24) is 15.2 Å². The first-order valence-corrected chi connectivity index (χ1v) is 7.92. The molecule has 2 N–H and O–H groups in total. The van der Waals surface area contributed by atoms with Crippen LogP contribution >= 0.6 is 0 Å². The van der Waals surface area contributed by atoms with E-state index in [0.29, 0.717) is 5.52 Å². The molecule has 1 aromatic heterocycles. The van der Waals surface area contributed by atoms with E-state index >= 15 is 0 Å². The molecule has 1 aliphatic heterocycles. The SMILES string of the molecule is O=C(O)[C@@H]1CN(C(=O)NCc2cccc3cccnc23)C[C@H]1C(F)(F)F. The zero-order valence-corrected chi connectivity index (χ0v) is 13.5. The van der Waals surface area contributed by atoms with E-state index in [1.165, 1.54) is 0 Å². The molecule has 0 spiro atoms. The van der Waals surface area contributed by atoms with Crippen LogP contribution in [0.1, 0.15) is 5.56 Å². The van der Waals surface area contributed by atoms with Crippen molar-refractivity contribution in [2.75, 3.05) is 13.1 Å². The summed E-state index contributed by atoms with van der Waals surface area (Å²) in [6, 6.07) is 8.33. The number of aliphatic carboxylic acids is 1. The molecule has 1 saturated heterocycles. The summed E-state index contributed by atoms with van der Waals surface area (Å²) in [4.78, 5) is 28.5.